The molecule has 0 radical (unpaired) electrons. The van der Waals surface area contributed by atoms with Gasteiger partial charge in [-0.1, -0.05) is 24.3 Å². The number of para-hydroxylation sites is 1. The van der Waals surface area contributed by atoms with Crippen molar-refractivity contribution < 1.29 is 9.59 Å². The predicted octanol–water partition coefficient (Wildman–Crippen LogP) is 3.53. The van der Waals surface area contributed by atoms with Crippen LogP contribution < -0.4 is 10.2 Å². The van der Waals surface area contributed by atoms with Gasteiger partial charge in [-0.25, -0.2) is 4.90 Å². The fourth-order valence-corrected chi connectivity index (χ4v) is 3.48. The number of hydrogen-bond donors (Lipinski definition) is 2. The summed E-state index contributed by atoms with van der Waals surface area (Å²) < 4.78 is 0. The molecule has 1 fully saturated rings. The number of benzene rings is 2. The Bertz CT molecular complexity index is 969. The lowest BCUT2D eigenvalue weighted by Crippen LogP contribution is -2.35. The molecule has 126 valence electrons. The fourth-order valence-electron chi connectivity index (χ4n) is 3.48. The molecule has 4 rings (SSSR count). The average Bonchev–Trinajstić information content (AvgIpc) is 3.14. The lowest BCUT2D eigenvalue weighted by Gasteiger charge is -2.20. The zero-order valence-electron chi connectivity index (χ0n) is 14.2. The normalized spacial score (nSPS) is 17.5. The zero-order chi connectivity index (χ0) is 17.6. The Morgan fingerprint density at radius 3 is 2.60 bits per heavy atom. The van der Waals surface area contributed by atoms with E-state index in [9.17, 15) is 9.59 Å². The molecule has 1 atom stereocenters. The van der Waals surface area contributed by atoms with E-state index in [2.05, 4.69) is 10.3 Å². The number of aromatic nitrogens is 1. The third-order valence-corrected chi connectivity index (χ3v) is 4.71. The van der Waals surface area contributed by atoms with Crippen LogP contribution >= 0.6 is 0 Å². The van der Waals surface area contributed by atoms with Crippen LogP contribution in [0, 0.1) is 13.8 Å². The van der Waals surface area contributed by atoms with Crippen molar-refractivity contribution in [2.24, 2.45) is 0 Å². The average molecular weight is 333 g/mol. The Kier molecular flexibility index (Phi) is 3.57. The van der Waals surface area contributed by atoms with Crippen LogP contribution in [-0.4, -0.2) is 22.8 Å². The maximum atomic E-state index is 12.9. The van der Waals surface area contributed by atoms with Crippen LogP contribution in [0.1, 0.15) is 17.5 Å². The van der Waals surface area contributed by atoms with Gasteiger partial charge in [0.1, 0.15) is 6.04 Å². The van der Waals surface area contributed by atoms with Crippen LogP contribution in [0.15, 0.2) is 48.7 Å². The Balaban J connectivity index is 1.62. The smallest absolute Gasteiger partial charge is 0.256 e. The first-order valence-corrected chi connectivity index (χ1v) is 8.31. The molecule has 0 saturated carbocycles. The summed E-state index contributed by atoms with van der Waals surface area (Å²) in [5, 5.41) is 4.32. The molecule has 1 aliphatic rings. The number of aryl methyl sites for hydroxylation is 2. The van der Waals surface area contributed by atoms with E-state index in [1.807, 2.05) is 62.5 Å². The number of carbonyl (C=O) groups is 2. The third-order valence-electron chi connectivity index (χ3n) is 4.71. The van der Waals surface area contributed by atoms with Crippen molar-refractivity contribution >= 4 is 34.1 Å². The van der Waals surface area contributed by atoms with Crippen molar-refractivity contribution in [2.45, 2.75) is 26.3 Å². The lowest BCUT2D eigenvalue weighted by molar-refractivity contribution is -0.121. The van der Waals surface area contributed by atoms with E-state index < -0.39 is 6.04 Å². The molecule has 5 nitrogen and oxygen atoms in total. The molecule has 2 N–H and O–H groups in total. The number of H-pyrrole nitrogens is 1. The number of nitrogens with one attached hydrogen (secondary N) is 2. The highest BCUT2D eigenvalue weighted by Gasteiger charge is 2.40. The summed E-state index contributed by atoms with van der Waals surface area (Å²) in [6, 6.07) is 13.1. The standard InChI is InChI=1S/C20H19N3O2/c1-12-4-3-5-13(2)19(12)23-18(24)11-17(20(23)25)22-15-7-6-14-8-9-21-16(14)10-15/h3-10,17,21-22H,11H2,1-2H3. The first kappa shape index (κ1) is 15.4. The summed E-state index contributed by atoms with van der Waals surface area (Å²) in [7, 11) is 0. The molecule has 1 unspecified atom stereocenters. The second-order valence-electron chi connectivity index (χ2n) is 6.49. The van der Waals surface area contributed by atoms with Crippen molar-refractivity contribution in [1.29, 1.82) is 0 Å². The number of imide groups is 1. The molecule has 1 saturated heterocycles. The monoisotopic (exact) mass is 333 g/mol. The molecule has 3 aromatic rings. The first-order valence-electron chi connectivity index (χ1n) is 8.31. The topological polar surface area (TPSA) is 65.2 Å². The number of aromatic amines is 1. The first-order chi connectivity index (χ1) is 12.0. The lowest BCUT2D eigenvalue weighted by atomic mass is 10.1. The number of hydrogen-bond acceptors (Lipinski definition) is 3. The van der Waals surface area contributed by atoms with Crippen molar-refractivity contribution in [3.8, 4) is 0 Å². The highest BCUT2D eigenvalue weighted by Crippen LogP contribution is 2.31. The Morgan fingerprint density at radius 2 is 1.84 bits per heavy atom. The van der Waals surface area contributed by atoms with Gasteiger partial charge in [0.15, 0.2) is 0 Å². The Morgan fingerprint density at radius 1 is 1.08 bits per heavy atom. The van der Waals surface area contributed by atoms with Crippen molar-refractivity contribution in [3.05, 3.63) is 59.8 Å². The van der Waals surface area contributed by atoms with Gasteiger partial charge in [-0.15, -0.1) is 0 Å². The number of amides is 2. The van der Waals surface area contributed by atoms with E-state index in [1.165, 1.54) is 4.90 Å². The summed E-state index contributed by atoms with van der Waals surface area (Å²) in [4.78, 5) is 29.9. The zero-order valence-corrected chi connectivity index (χ0v) is 14.2. The predicted molar refractivity (Wildman–Crippen MR) is 98.7 cm³/mol. The summed E-state index contributed by atoms with van der Waals surface area (Å²) in [5.41, 5.74) is 4.38. The van der Waals surface area contributed by atoms with Crippen molar-refractivity contribution in [2.75, 3.05) is 10.2 Å². The number of fused-ring (bicyclic) bond motifs is 1. The minimum absolute atomic E-state index is 0.162. The molecule has 25 heavy (non-hydrogen) atoms. The second kappa shape index (κ2) is 5.77. The summed E-state index contributed by atoms with van der Waals surface area (Å²) >= 11 is 0. The van der Waals surface area contributed by atoms with E-state index in [4.69, 9.17) is 0 Å². The molecule has 0 aliphatic carbocycles. The quantitative estimate of drug-likeness (QED) is 0.721. The molecular weight excluding hydrogens is 314 g/mol. The van der Waals surface area contributed by atoms with Crippen LogP contribution in [0.4, 0.5) is 11.4 Å². The van der Waals surface area contributed by atoms with E-state index >= 15 is 0 Å². The molecule has 2 heterocycles. The Hall–Kier alpha value is -3.08. The van der Waals surface area contributed by atoms with Gasteiger partial charge in [-0.2, -0.15) is 0 Å². The largest absolute Gasteiger partial charge is 0.373 e. The Labute approximate surface area is 145 Å². The molecule has 1 aromatic heterocycles. The van der Waals surface area contributed by atoms with E-state index in [1.54, 1.807) is 0 Å². The van der Waals surface area contributed by atoms with Gasteiger partial charge in [0.2, 0.25) is 5.91 Å². The second-order valence-corrected chi connectivity index (χ2v) is 6.49. The number of rotatable bonds is 3. The molecule has 0 bridgehead atoms. The van der Waals surface area contributed by atoms with Crippen molar-refractivity contribution in [3.63, 3.8) is 0 Å². The van der Waals surface area contributed by atoms with Gasteiger partial charge < -0.3 is 10.3 Å². The van der Waals surface area contributed by atoms with Crippen LogP contribution in [0.5, 0.6) is 0 Å². The molecular formula is C20H19N3O2. The fraction of sp³-hybridized carbons (Fsp3) is 0.200. The van der Waals surface area contributed by atoms with E-state index in [0.717, 1.165) is 27.7 Å². The maximum absolute atomic E-state index is 12.9. The number of nitrogens with zero attached hydrogens (tertiary/aromatic N) is 1. The SMILES string of the molecule is Cc1cccc(C)c1N1C(=O)CC(Nc2ccc3cc[nH]c3c2)C1=O. The van der Waals surface area contributed by atoms with E-state index in [-0.39, 0.29) is 18.2 Å². The maximum Gasteiger partial charge on any atom is 0.256 e. The highest BCUT2D eigenvalue weighted by molar-refractivity contribution is 6.23. The molecule has 1 aliphatic heterocycles. The summed E-state index contributed by atoms with van der Waals surface area (Å²) in [5.74, 6) is -0.366. The molecule has 2 aromatic carbocycles. The number of anilines is 2. The van der Waals surface area contributed by atoms with Crippen LogP contribution in [0.2, 0.25) is 0 Å². The van der Waals surface area contributed by atoms with E-state index in [0.29, 0.717) is 5.69 Å². The van der Waals surface area contributed by atoms with Gasteiger partial charge in [0.25, 0.3) is 5.91 Å². The molecule has 2 amide bonds. The van der Waals surface area contributed by atoms with Crippen LogP contribution in [0.25, 0.3) is 10.9 Å². The number of carbonyl (C=O) groups excluding carboxylic acids is 2. The van der Waals surface area contributed by atoms with Gasteiger partial charge in [-0.05, 0) is 48.6 Å². The third kappa shape index (κ3) is 2.58. The minimum atomic E-state index is -0.543. The van der Waals surface area contributed by atoms with Crippen LogP contribution in [0.3, 0.4) is 0 Å². The van der Waals surface area contributed by atoms with Crippen LogP contribution in [-0.2, 0) is 9.59 Å². The van der Waals surface area contributed by atoms with Gasteiger partial charge in [0.05, 0.1) is 12.1 Å². The summed E-state index contributed by atoms with van der Waals surface area (Å²) in [6.07, 6.45) is 2.04. The molecule has 0 spiro atoms. The highest BCUT2D eigenvalue weighted by atomic mass is 16.2. The van der Waals surface area contributed by atoms with Gasteiger partial charge in [-0.3, -0.25) is 9.59 Å². The molecule has 5 heteroatoms. The van der Waals surface area contributed by atoms with Crippen molar-refractivity contribution in [1.82, 2.24) is 4.98 Å². The van der Waals surface area contributed by atoms with Gasteiger partial charge >= 0.3 is 0 Å². The minimum Gasteiger partial charge on any atom is -0.373 e. The van der Waals surface area contributed by atoms with Gasteiger partial charge in [0, 0.05) is 17.4 Å². The summed E-state index contributed by atoms with van der Waals surface area (Å²) in [6.45, 7) is 3.84.